The number of likely N-dealkylation sites (N-methyl/N-ethyl adjacent to an activating group) is 1. The summed E-state index contributed by atoms with van der Waals surface area (Å²) in [6.45, 7) is 12.0. The third-order valence-corrected chi connectivity index (χ3v) is 9.23. The number of likely N-dealkylation sites (tertiary alicyclic amines) is 1. The number of carbonyl (C=O) groups excluding carboxylic acids is 1. The van der Waals surface area contributed by atoms with Crippen LogP contribution in [0.15, 0.2) is 55.3 Å². The summed E-state index contributed by atoms with van der Waals surface area (Å²) in [6, 6.07) is 11.4. The molecule has 2 aromatic heterocycles. The zero-order chi connectivity index (χ0) is 30.0. The fourth-order valence-corrected chi connectivity index (χ4v) is 6.68. The Morgan fingerprint density at radius 1 is 1.21 bits per heavy atom. The molecule has 1 amide bonds. The van der Waals surface area contributed by atoms with Crippen LogP contribution in [-0.4, -0.2) is 88.7 Å². The fraction of sp³-hybridized carbons (Fsp3) is 0.303. The highest BCUT2D eigenvalue weighted by Gasteiger charge is 2.70. The van der Waals surface area contributed by atoms with Crippen LogP contribution < -0.4 is 9.80 Å². The minimum atomic E-state index is -0.884. The summed E-state index contributed by atoms with van der Waals surface area (Å²) < 4.78 is 16.8. The van der Waals surface area contributed by atoms with Crippen LogP contribution in [0.4, 0.5) is 16.2 Å². The van der Waals surface area contributed by atoms with Crippen molar-refractivity contribution in [2.45, 2.75) is 24.2 Å². The van der Waals surface area contributed by atoms with Gasteiger partial charge in [-0.3, -0.25) is 14.7 Å². The molecule has 2 aromatic carbocycles. The van der Waals surface area contributed by atoms with Crippen molar-refractivity contribution >= 4 is 39.3 Å². The summed E-state index contributed by atoms with van der Waals surface area (Å²) in [6.07, 6.45) is 9.26. The zero-order valence-corrected chi connectivity index (χ0v) is 24.0. The molecule has 7 rings (SSSR count). The SMILES string of the molecule is C#Cc1cccc2cccc(-c3ncc4c(N5C[C@H]6N(C(=O)C=C)CC[C@]65[N+]#C)nc(N5CC(N(C)C)C5)nc4c3F)c12. The molecule has 3 aliphatic heterocycles. The third-order valence-electron chi connectivity index (χ3n) is 9.23. The number of nitrogens with zero attached hydrogens (tertiary/aromatic N) is 8. The van der Waals surface area contributed by atoms with Gasteiger partial charge in [0.1, 0.15) is 17.0 Å². The quantitative estimate of drug-likeness (QED) is 0.264. The largest absolute Gasteiger partial charge is 0.380 e. The highest BCUT2D eigenvalue weighted by Crippen LogP contribution is 2.48. The summed E-state index contributed by atoms with van der Waals surface area (Å²) in [7, 11) is 4.06. The number of terminal acetylenes is 1. The van der Waals surface area contributed by atoms with E-state index in [1.54, 1.807) is 11.1 Å². The van der Waals surface area contributed by atoms with Crippen LogP contribution in [0, 0.1) is 24.7 Å². The Labute approximate surface area is 249 Å². The molecule has 0 aliphatic carbocycles. The Balaban J connectivity index is 1.40. The monoisotopic (exact) mass is 573 g/mol. The third kappa shape index (κ3) is 3.80. The first-order valence-corrected chi connectivity index (χ1v) is 14.2. The number of anilines is 2. The van der Waals surface area contributed by atoms with Gasteiger partial charge >= 0.3 is 5.66 Å². The van der Waals surface area contributed by atoms with Gasteiger partial charge in [-0.2, -0.15) is 4.98 Å². The van der Waals surface area contributed by atoms with E-state index >= 15 is 4.39 Å². The molecule has 0 unspecified atom stereocenters. The van der Waals surface area contributed by atoms with Gasteiger partial charge in [-0.25, -0.2) is 9.37 Å². The van der Waals surface area contributed by atoms with Gasteiger partial charge in [-0.1, -0.05) is 47.7 Å². The smallest absolute Gasteiger partial charge is 0.337 e. The second-order valence-corrected chi connectivity index (χ2v) is 11.5. The predicted molar refractivity (Wildman–Crippen MR) is 167 cm³/mol. The number of benzene rings is 2. The van der Waals surface area contributed by atoms with Crippen LogP contribution in [-0.2, 0) is 4.79 Å². The van der Waals surface area contributed by atoms with Crippen molar-refractivity contribution in [3.05, 3.63) is 71.5 Å². The highest BCUT2D eigenvalue weighted by atomic mass is 19.1. The number of pyridine rings is 1. The minimum absolute atomic E-state index is 0.154. The Hall–Kier alpha value is -5.06. The van der Waals surface area contributed by atoms with Gasteiger partial charge in [0.05, 0.1) is 18.4 Å². The van der Waals surface area contributed by atoms with Crippen LogP contribution >= 0.6 is 0 Å². The summed E-state index contributed by atoms with van der Waals surface area (Å²) in [5, 5.41) is 2.10. The molecule has 10 heteroatoms. The average molecular weight is 574 g/mol. The highest BCUT2D eigenvalue weighted by molar-refractivity contribution is 6.02. The Bertz CT molecular complexity index is 1920. The van der Waals surface area contributed by atoms with Crippen molar-refractivity contribution in [1.82, 2.24) is 24.8 Å². The number of amides is 1. The van der Waals surface area contributed by atoms with Crippen molar-refractivity contribution in [2.24, 2.45) is 0 Å². The molecule has 5 heterocycles. The minimum Gasteiger partial charge on any atom is -0.337 e. The normalized spacial score (nSPS) is 21.3. The standard InChI is InChI=1S/C33H30FN8O/c1-6-20-10-8-11-21-12-9-13-23(27(20)21)29-28(34)30-24(16-36-29)31(38-32(37-30)40-17-22(18-40)39(4)5)42-19-25-33(42,35-3)14-15-41(25)26(43)7-2/h1,3,7-13,16,22,25H,2,14-15,17-19H2,4-5H3/q+1/t25-,33-/m1/s1. The van der Waals surface area contributed by atoms with Crippen LogP contribution in [0.3, 0.4) is 0 Å². The van der Waals surface area contributed by atoms with Crippen LogP contribution in [0.1, 0.15) is 12.0 Å². The summed E-state index contributed by atoms with van der Waals surface area (Å²) in [4.78, 5) is 39.1. The molecular formula is C33H30FN8O+. The van der Waals surface area contributed by atoms with E-state index in [0.29, 0.717) is 66.9 Å². The number of rotatable bonds is 5. The van der Waals surface area contributed by atoms with Crippen LogP contribution in [0.25, 0.3) is 37.8 Å². The topological polar surface area (TPSA) is 73.1 Å². The first-order chi connectivity index (χ1) is 20.8. The summed E-state index contributed by atoms with van der Waals surface area (Å²) in [5.74, 6) is 2.91. The molecule has 3 saturated heterocycles. The molecule has 0 bridgehead atoms. The molecule has 9 nitrogen and oxygen atoms in total. The lowest BCUT2D eigenvalue weighted by atomic mass is 9.88. The van der Waals surface area contributed by atoms with Gasteiger partial charge in [0.2, 0.25) is 11.9 Å². The van der Waals surface area contributed by atoms with E-state index in [-0.39, 0.29) is 23.2 Å². The molecule has 0 N–H and O–H groups in total. The summed E-state index contributed by atoms with van der Waals surface area (Å²) in [5.41, 5.74) is 0.683. The van der Waals surface area contributed by atoms with E-state index in [1.807, 2.05) is 60.3 Å². The molecule has 0 saturated carbocycles. The van der Waals surface area contributed by atoms with Gasteiger partial charge in [-0.05, 0) is 31.6 Å². The number of aromatic nitrogens is 3. The fourth-order valence-electron chi connectivity index (χ4n) is 6.68. The van der Waals surface area contributed by atoms with Crippen molar-refractivity contribution in [1.29, 1.82) is 0 Å². The summed E-state index contributed by atoms with van der Waals surface area (Å²) >= 11 is 0. The molecule has 4 aromatic rings. The van der Waals surface area contributed by atoms with Gasteiger partial charge < -0.3 is 14.7 Å². The van der Waals surface area contributed by atoms with Crippen molar-refractivity contribution in [2.75, 3.05) is 50.1 Å². The predicted octanol–water partition coefficient (Wildman–Crippen LogP) is 3.98. The first-order valence-electron chi connectivity index (χ1n) is 14.2. The maximum absolute atomic E-state index is 16.8. The molecule has 2 atom stereocenters. The molecule has 3 fully saturated rings. The second-order valence-electron chi connectivity index (χ2n) is 11.5. The molecule has 214 valence electrons. The lowest BCUT2D eigenvalue weighted by Crippen LogP contribution is -2.71. The molecule has 43 heavy (non-hydrogen) atoms. The van der Waals surface area contributed by atoms with Crippen LogP contribution in [0.2, 0.25) is 0 Å². The maximum Gasteiger partial charge on any atom is 0.380 e. The van der Waals surface area contributed by atoms with Crippen molar-refractivity contribution in [3.63, 3.8) is 0 Å². The van der Waals surface area contributed by atoms with Gasteiger partial charge in [0, 0.05) is 48.4 Å². The molecular weight excluding hydrogens is 543 g/mol. The maximum atomic E-state index is 16.8. The average Bonchev–Trinajstić information content (AvgIpc) is 3.27. The Morgan fingerprint density at radius 3 is 2.67 bits per heavy atom. The Morgan fingerprint density at radius 2 is 1.98 bits per heavy atom. The number of fused-ring (bicyclic) bond motifs is 3. The van der Waals surface area contributed by atoms with Gasteiger partial charge in [0.25, 0.3) is 6.57 Å². The Kier molecular flexibility index (Phi) is 6.08. The van der Waals surface area contributed by atoms with E-state index in [0.717, 1.165) is 10.8 Å². The van der Waals surface area contributed by atoms with Crippen molar-refractivity contribution in [3.8, 4) is 30.2 Å². The van der Waals surface area contributed by atoms with Crippen molar-refractivity contribution < 1.29 is 9.18 Å². The first kappa shape index (κ1) is 26.8. The number of hydrogen-bond donors (Lipinski definition) is 0. The van der Waals surface area contributed by atoms with E-state index in [1.165, 1.54) is 6.08 Å². The van der Waals surface area contributed by atoms with E-state index < -0.39 is 11.5 Å². The van der Waals surface area contributed by atoms with Gasteiger partial charge in [0.15, 0.2) is 11.9 Å². The second kappa shape index (κ2) is 9.75. The van der Waals surface area contributed by atoms with E-state index in [4.69, 9.17) is 23.0 Å². The van der Waals surface area contributed by atoms with E-state index in [9.17, 15) is 4.79 Å². The number of hydrogen-bond acceptors (Lipinski definition) is 7. The zero-order valence-electron chi connectivity index (χ0n) is 24.0. The number of halogens is 1. The lowest BCUT2D eigenvalue weighted by molar-refractivity contribution is -0.127. The lowest BCUT2D eigenvalue weighted by Gasteiger charge is -2.46. The number of carbonyl (C=O) groups is 1. The molecule has 0 spiro atoms. The molecule has 3 aliphatic rings. The molecule has 0 radical (unpaired) electrons. The van der Waals surface area contributed by atoms with Gasteiger partial charge in [-0.15, -0.1) is 6.42 Å². The van der Waals surface area contributed by atoms with E-state index in [2.05, 4.69) is 27.2 Å². The van der Waals surface area contributed by atoms with Crippen LogP contribution in [0.5, 0.6) is 0 Å².